The number of tetrazole rings is 1. The fourth-order valence-electron chi connectivity index (χ4n) is 2.52. The molecule has 25 heavy (non-hydrogen) atoms. The number of nitrogens with zero attached hydrogens (tertiary/aromatic N) is 5. The van der Waals surface area contributed by atoms with Gasteiger partial charge in [0, 0.05) is 31.9 Å². The van der Waals surface area contributed by atoms with E-state index >= 15 is 0 Å². The van der Waals surface area contributed by atoms with Crippen molar-refractivity contribution in [3.63, 3.8) is 0 Å². The fourth-order valence-corrected chi connectivity index (χ4v) is 2.52. The maximum absolute atomic E-state index is 12.8. The molecule has 1 unspecified atom stereocenters. The van der Waals surface area contributed by atoms with E-state index in [-0.39, 0.29) is 5.91 Å². The first kappa shape index (κ1) is 16.6. The van der Waals surface area contributed by atoms with E-state index in [4.69, 9.17) is 0 Å². The molecule has 0 aliphatic carbocycles. The average Bonchev–Trinajstić information content (AvgIpc) is 3.15. The molecule has 1 heterocycles. The van der Waals surface area contributed by atoms with Crippen LogP contribution in [-0.4, -0.2) is 40.2 Å². The summed E-state index contributed by atoms with van der Waals surface area (Å²) in [6.07, 6.45) is 1.97. The summed E-state index contributed by atoms with van der Waals surface area (Å²) >= 11 is 0. The summed E-state index contributed by atoms with van der Waals surface area (Å²) in [7, 11) is 3.95. The zero-order chi connectivity index (χ0) is 17.6. The van der Waals surface area contributed by atoms with Crippen LogP contribution < -0.4 is 10.2 Å². The Labute approximate surface area is 146 Å². The summed E-state index contributed by atoms with van der Waals surface area (Å²) in [5.41, 5.74) is 2.85. The van der Waals surface area contributed by atoms with Crippen LogP contribution in [0.15, 0.2) is 60.9 Å². The van der Waals surface area contributed by atoms with Crippen molar-refractivity contribution in [1.29, 1.82) is 0 Å². The Morgan fingerprint density at radius 3 is 2.44 bits per heavy atom. The van der Waals surface area contributed by atoms with Crippen LogP contribution in [0.3, 0.4) is 0 Å². The van der Waals surface area contributed by atoms with Crippen LogP contribution in [0.5, 0.6) is 0 Å². The van der Waals surface area contributed by atoms with E-state index in [0.29, 0.717) is 6.42 Å². The smallest absolute Gasteiger partial charge is 0.249 e. The summed E-state index contributed by atoms with van der Waals surface area (Å²) in [6.45, 7) is 0. The zero-order valence-electron chi connectivity index (χ0n) is 14.2. The van der Waals surface area contributed by atoms with Gasteiger partial charge in [0.2, 0.25) is 5.91 Å². The Morgan fingerprint density at radius 1 is 1.12 bits per heavy atom. The largest absolute Gasteiger partial charge is 0.378 e. The van der Waals surface area contributed by atoms with Gasteiger partial charge in [-0.2, -0.15) is 0 Å². The van der Waals surface area contributed by atoms with Crippen LogP contribution in [0, 0.1) is 0 Å². The normalized spacial score (nSPS) is 11.8. The van der Waals surface area contributed by atoms with Crippen molar-refractivity contribution < 1.29 is 4.79 Å². The SMILES string of the molecule is CN(C)c1ccc(NC(=O)C(Cc2ccccc2)n2cnnn2)cc1. The van der Waals surface area contributed by atoms with Gasteiger partial charge in [0.05, 0.1) is 0 Å². The van der Waals surface area contributed by atoms with Crippen molar-refractivity contribution in [1.82, 2.24) is 20.2 Å². The van der Waals surface area contributed by atoms with E-state index in [1.807, 2.05) is 73.6 Å². The lowest BCUT2D eigenvalue weighted by molar-refractivity contribution is -0.119. The number of rotatable bonds is 6. The predicted octanol–water partition coefficient (Wildman–Crippen LogP) is 2.16. The molecule has 1 atom stereocenters. The summed E-state index contributed by atoms with van der Waals surface area (Å²) in [4.78, 5) is 14.8. The second kappa shape index (κ2) is 7.57. The minimum atomic E-state index is -0.522. The minimum Gasteiger partial charge on any atom is -0.378 e. The topological polar surface area (TPSA) is 75.9 Å². The van der Waals surface area contributed by atoms with Crippen molar-refractivity contribution in [3.8, 4) is 0 Å². The zero-order valence-corrected chi connectivity index (χ0v) is 14.2. The highest BCUT2D eigenvalue weighted by molar-refractivity contribution is 5.94. The van der Waals surface area contributed by atoms with Crippen LogP contribution in [0.2, 0.25) is 0 Å². The van der Waals surface area contributed by atoms with Gasteiger partial charge in [0.15, 0.2) is 0 Å². The number of aromatic nitrogens is 4. The number of hydrogen-bond donors (Lipinski definition) is 1. The van der Waals surface area contributed by atoms with E-state index in [0.717, 1.165) is 16.9 Å². The molecule has 128 valence electrons. The Hall–Kier alpha value is -3.22. The molecule has 0 fully saturated rings. The lowest BCUT2D eigenvalue weighted by Gasteiger charge is -2.17. The third kappa shape index (κ3) is 4.20. The molecule has 0 aliphatic heterocycles. The summed E-state index contributed by atoms with van der Waals surface area (Å²) in [5.74, 6) is -0.159. The molecule has 7 nitrogen and oxygen atoms in total. The monoisotopic (exact) mass is 336 g/mol. The van der Waals surface area contributed by atoms with E-state index < -0.39 is 6.04 Å². The molecular weight excluding hydrogens is 316 g/mol. The van der Waals surface area contributed by atoms with Gasteiger partial charge in [-0.1, -0.05) is 30.3 Å². The van der Waals surface area contributed by atoms with Crippen LogP contribution in [0.25, 0.3) is 0 Å². The van der Waals surface area contributed by atoms with Gasteiger partial charge in [-0.25, -0.2) is 4.68 Å². The number of amides is 1. The second-order valence-corrected chi connectivity index (χ2v) is 5.93. The van der Waals surface area contributed by atoms with Crippen molar-refractivity contribution in [2.75, 3.05) is 24.3 Å². The molecule has 0 radical (unpaired) electrons. The van der Waals surface area contributed by atoms with E-state index in [2.05, 4.69) is 20.8 Å². The molecule has 0 saturated heterocycles. The highest BCUT2D eigenvalue weighted by Crippen LogP contribution is 2.19. The lowest BCUT2D eigenvalue weighted by atomic mass is 10.1. The van der Waals surface area contributed by atoms with Crippen molar-refractivity contribution in [2.45, 2.75) is 12.5 Å². The third-order valence-corrected chi connectivity index (χ3v) is 3.91. The third-order valence-electron chi connectivity index (χ3n) is 3.91. The minimum absolute atomic E-state index is 0.159. The first-order valence-electron chi connectivity index (χ1n) is 7.98. The lowest BCUT2D eigenvalue weighted by Crippen LogP contribution is -2.28. The summed E-state index contributed by atoms with van der Waals surface area (Å²) in [5, 5.41) is 14.1. The van der Waals surface area contributed by atoms with Gasteiger partial charge in [-0.15, -0.1) is 5.10 Å². The molecule has 1 N–H and O–H groups in total. The van der Waals surface area contributed by atoms with Crippen LogP contribution in [0.4, 0.5) is 11.4 Å². The van der Waals surface area contributed by atoms with Crippen molar-refractivity contribution in [2.24, 2.45) is 0 Å². The Bertz CT molecular complexity index is 799. The Kier molecular flexibility index (Phi) is 5.03. The van der Waals surface area contributed by atoms with Gasteiger partial charge in [0.25, 0.3) is 0 Å². The quantitative estimate of drug-likeness (QED) is 0.746. The predicted molar refractivity (Wildman–Crippen MR) is 96.4 cm³/mol. The standard InChI is InChI=1S/C18H20N6O/c1-23(2)16-10-8-15(9-11-16)20-18(25)17(24-13-19-21-22-24)12-14-6-4-3-5-7-14/h3-11,13,17H,12H2,1-2H3,(H,20,25). The number of carbonyl (C=O) groups is 1. The number of hydrogen-bond acceptors (Lipinski definition) is 5. The van der Waals surface area contributed by atoms with Gasteiger partial charge < -0.3 is 10.2 Å². The summed E-state index contributed by atoms with van der Waals surface area (Å²) in [6, 6.07) is 17.0. The van der Waals surface area contributed by atoms with Gasteiger partial charge in [-0.05, 0) is 40.3 Å². The van der Waals surface area contributed by atoms with Gasteiger partial charge in [0.1, 0.15) is 12.4 Å². The first-order chi connectivity index (χ1) is 12.1. The Balaban J connectivity index is 1.77. The number of nitrogens with one attached hydrogen (secondary N) is 1. The van der Waals surface area contributed by atoms with E-state index in [1.54, 1.807) is 0 Å². The highest BCUT2D eigenvalue weighted by Gasteiger charge is 2.22. The van der Waals surface area contributed by atoms with Crippen LogP contribution in [-0.2, 0) is 11.2 Å². The first-order valence-corrected chi connectivity index (χ1v) is 7.98. The molecule has 0 bridgehead atoms. The number of benzene rings is 2. The molecule has 1 aromatic heterocycles. The fraction of sp³-hybridized carbons (Fsp3) is 0.222. The molecular formula is C18H20N6O. The molecule has 0 saturated carbocycles. The number of anilines is 2. The molecule has 7 heteroatoms. The van der Waals surface area contributed by atoms with E-state index in [9.17, 15) is 4.79 Å². The molecule has 0 spiro atoms. The molecule has 3 rings (SSSR count). The molecule has 1 amide bonds. The summed E-state index contributed by atoms with van der Waals surface area (Å²) < 4.78 is 1.48. The molecule has 3 aromatic rings. The number of carbonyl (C=O) groups excluding carboxylic acids is 1. The van der Waals surface area contributed by atoms with E-state index in [1.165, 1.54) is 11.0 Å². The molecule has 0 aliphatic rings. The van der Waals surface area contributed by atoms with Gasteiger partial charge >= 0.3 is 0 Å². The molecule has 2 aromatic carbocycles. The highest BCUT2D eigenvalue weighted by atomic mass is 16.2. The van der Waals surface area contributed by atoms with Crippen molar-refractivity contribution in [3.05, 3.63) is 66.5 Å². The van der Waals surface area contributed by atoms with Crippen LogP contribution in [0.1, 0.15) is 11.6 Å². The Morgan fingerprint density at radius 2 is 1.84 bits per heavy atom. The maximum atomic E-state index is 12.8. The van der Waals surface area contributed by atoms with Crippen molar-refractivity contribution >= 4 is 17.3 Å². The maximum Gasteiger partial charge on any atom is 0.249 e. The van der Waals surface area contributed by atoms with Crippen LogP contribution >= 0.6 is 0 Å². The van der Waals surface area contributed by atoms with Gasteiger partial charge in [-0.3, -0.25) is 4.79 Å². The second-order valence-electron chi connectivity index (χ2n) is 5.93. The average molecular weight is 336 g/mol.